The zero-order valence-corrected chi connectivity index (χ0v) is 8.63. The van der Waals surface area contributed by atoms with Gasteiger partial charge in [-0.3, -0.25) is 14.9 Å². The van der Waals surface area contributed by atoms with Crippen LogP contribution in [-0.2, 0) is 0 Å². The average molecular weight is 221 g/mol. The number of hydrogen-bond donors (Lipinski definition) is 0. The standard InChI is InChI=1S/C10H11N3O3/c14-10(12-5-1-2-6-12)9-4-3-8(7-11-9)13(15)16/h3-4,7H,1-2,5-6H2. The monoisotopic (exact) mass is 221 g/mol. The molecule has 0 aliphatic carbocycles. The predicted molar refractivity (Wildman–Crippen MR) is 56.0 cm³/mol. The summed E-state index contributed by atoms with van der Waals surface area (Å²) in [4.78, 5) is 27.2. The number of nitrogens with zero attached hydrogens (tertiary/aromatic N) is 3. The van der Waals surface area contributed by atoms with E-state index in [0.29, 0.717) is 0 Å². The first-order valence-electron chi connectivity index (χ1n) is 5.08. The first kappa shape index (κ1) is 10.5. The number of likely N-dealkylation sites (tertiary alicyclic amines) is 1. The van der Waals surface area contributed by atoms with Gasteiger partial charge in [-0.2, -0.15) is 0 Å². The molecule has 2 heterocycles. The molecule has 6 nitrogen and oxygen atoms in total. The molecule has 0 atom stereocenters. The second-order valence-electron chi connectivity index (χ2n) is 3.66. The lowest BCUT2D eigenvalue weighted by molar-refractivity contribution is -0.385. The van der Waals surface area contributed by atoms with Gasteiger partial charge in [-0.15, -0.1) is 0 Å². The molecule has 1 aliphatic rings. The van der Waals surface area contributed by atoms with Gasteiger partial charge in [0, 0.05) is 19.2 Å². The number of nitro groups is 1. The van der Waals surface area contributed by atoms with Crippen LogP contribution in [-0.4, -0.2) is 33.8 Å². The molecule has 0 radical (unpaired) electrons. The number of carbonyl (C=O) groups excluding carboxylic acids is 1. The molecule has 0 spiro atoms. The van der Waals surface area contributed by atoms with E-state index in [1.165, 1.54) is 12.1 Å². The van der Waals surface area contributed by atoms with E-state index in [1.54, 1.807) is 4.90 Å². The number of rotatable bonds is 2. The number of hydrogen-bond acceptors (Lipinski definition) is 4. The van der Waals surface area contributed by atoms with Crippen LogP contribution < -0.4 is 0 Å². The van der Waals surface area contributed by atoms with E-state index < -0.39 is 4.92 Å². The minimum Gasteiger partial charge on any atom is -0.337 e. The number of aromatic nitrogens is 1. The Morgan fingerprint density at radius 1 is 1.38 bits per heavy atom. The fourth-order valence-corrected chi connectivity index (χ4v) is 1.70. The maximum Gasteiger partial charge on any atom is 0.287 e. The van der Waals surface area contributed by atoms with Crippen LogP contribution in [0.25, 0.3) is 0 Å². The lowest BCUT2D eigenvalue weighted by atomic mass is 10.3. The van der Waals surface area contributed by atoms with Crippen molar-refractivity contribution in [1.29, 1.82) is 0 Å². The molecule has 1 fully saturated rings. The maximum absolute atomic E-state index is 11.8. The Labute approximate surface area is 92.0 Å². The van der Waals surface area contributed by atoms with Crippen molar-refractivity contribution in [2.75, 3.05) is 13.1 Å². The van der Waals surface area contributed by atoms with Gasteiger partial charge in [0.1, 0.15) is 11.9 Å². The van der Waals surface area contributed by atoms with E-state index in [-0.39, 0.29) is 17.3 Å². The largest absolute Gasteiger partial charge is 0.337 e. The molecule has 0 aromatic carbocycles. The molecule has 1 aromatic heterocycles. The van der Waals surface area contributed by atoms with Gasteiger partial charge < -0.3 is 4.90 Å². The summed E-state index contributed by atoms with van der Waals surface area (Å²) >= 11 is 0. The maximum atomic E-state index is 11.8. The Bertz CT molecular complexity index is 410. The van der Waals surface area contributed by atoms with Gasteiger partial charge in [0.2, 0.25) is 0 Å². The SMILES string of the molecule is O=C(c1ccc([N+](=O)[O-])cn1)N1CCCC1. The Morgan fingerprint density at radius 3 is 2.56 bits per heavy atom. The second kappa shape index (κ2) is 4.26. The molecule has 84 valence electrons. The fourth-order valence-electron chi connectivity index (χ4n) is 1.70. The van der Waals surface area contributed by atoms with Gasteiger partial charge in [0.05, 0.1) is 4.92 Å². The molecule has 0 unspecified atom stereocenters. The summed E-state index contributed by atoms with van der Waals surface area (Å²) in [5, 5.41) is 10.4. The fraction of sp³-hybridized carbons (Fsp3) is 0.400. The Hall–Kier alpha value is -1.98. The van der Waals surface area contributed by atoms with Gasteiger partial charge in [-0.25, -0.2) is 4.98 Å². The molecule has 1 saturated heterocycles. The zero-order valence-electron chi connectivity index (χ0n) is 8.63. The Morgan fingerprint density at radius 2 is 2.06 bits per heavy atom. The van der Waals surface area contributed by atoms with Crippen LogP contribution in [0.2, 0.25) is 0 Å². The topological polar surface area (TPSA) is 76.3 Å². The Balaban J connectivity index is 2.14. The van der Waals surface area contributed by atoms with E-state index in [0.717, 1.165) is 32.1 Å². The van der Waals surface area contributed by atoms with Crippen molar-refractivity contribution in [1.82, 2.24) is 9.88 Å². The first-order valence-corrected chi connectivity index (χ1v) is 5.08. The third-order valence-corrected chi connectivity index (χ3v) is 2.57. The van der Waals surface area contributed by atoms with Crippen molar-refractivity contribution < 1.29 is 9.72 Å². The molecule has 1 aliphatic heterocycles. The summed E-state index contributed by atoms with van der Waals surface area (Å²) in [5.41, 5.74) is 0.172. The highest BCUT2D eigenvalue weighted by atomic mass is 16.6. The molecule has 0 bridgehead atoms. The highest BCUT2D eigenvalue weighted by molar-refractivity contribution is 5.92. The van der Waals surface area contributed by atoms with E-state index in [9.17, 15) is 14.9 Å². The number of carbonyl (C=O) groups is 1. The van der Waals surface area contributed by atoms with Crippen molar-refractivity contribution in [3.63, 3.8) is 0 Å². The van der Waals surface area contributed by atoms with Gasteiger partial charge in [0.25, 0.3) is 11.6 Å². The lowest BCUT2D eigenvalue weighted by Gasteiger charge is -2.13. The first-order chi connectivity index (χ1) is 7.68. The van der Waals surface area contributed by atoms with Crippen molar-refractivity contribution in [2.45, 2.75) is 12.8 Å². The quantitative estimate of drug-likeness (QED) is 0.555. The molecular weight excluding hydrogens is 210 g/mol. The third-order valence-electron chi connectivity index (χ3n) is 2.57. The van der Waals surface area contributed by atoms with E-state index in [2.05, 4.69) is 4.98 Å². The van der Waals surface area contributed by atoms with Gasteiger partial charge >= 0.3 is 0 Å². The number of pyridine rings is 1. The van der Waals surface area contributed by atoms with Crippen molar-refractivity contribution >= 4 is 11.6 Å². The summed E-state index contributed by atoms with van der Waals surface area (Å²) in [6.07, 6.45) is 3.14. The molecule has 16 heavy (non-hydrogen) atoms. The average Bonchev–Trinajstić information content (AvgIpc) is 2.81. The smallest absolute Gasteiger partial charge is 0.287 e. The lowest BCUT2D eigenvalue weighted by Crippen LogP contribution is -2.28. The molecule has 1 aromatic rings. The normalized spacial score (nSPS) is 15.1. The van der Waals surface area contributed by atoms with Crippen LogP contribution in [0.1, 0.15) is 23.3 Å². The van der Waals surface area contributed by atoms with E-state index >= 15 is 0 Å². The molecular formula is C10H11N3O3. The molecule has 6 heteroatoms. The van der Waals surface area contributed by atoms with Crippen LogP contribution in [0.4, 0.5) is 5.69 Å². The molecule has 0 saturated carbocycles. The van der Waals surface area contributed by atoms with Crippen molar-refractivity contribution in [3.05, 3.63) is 34.1 Å². The summed E-state index contributed by atoms with van der Waals surface area (Å²) < 4.78 is 0. The molecule has 0 N–H and O–H groups in total. The molecule has 2 rings (SSSR count). The summed E-state index contributed by atoms with van der Waals surface area (Å²) in [7, 11) is 0. The van der Waals surface area contributed by atoms with Crippen LogP contribution in [0.15, 0.2) is 18.3 Å². The van der Waals surface area contributed by atoms with Gasteiger partial charge in [0.15, 0.2) is 0 Å². The van der Waals surface area contributed by atoms with Crippen LogP contribution in [0.5, 0.6) is 0 Å². The highest BCUT2D eigenvalue weighted by Crippen LogP contribution is 2.14. The van der Waals surface area contributed by atoms with Crippen LogP contribution in [0.3, 0.4) is 0 Å². The van der Waals surface area contributed by atoms with Crippen LogP contribution in [0, 0.1) is 10.1 Å². The predicted octanol–water partition coefficient (Wildman–Crippen LogP) is 1.23. The van der Waals surface area contributed by atoms with Gasteiger partial charge in [-0.1, -0.05) is 0 Å². The number of amides is 1. The molecule has 1 amide bonds. The summed E-state index contributed by atoms with van der Waals surface area (Å²) in [6.45, 7) is 1.50. The van der Waals surface area contributed by atoms with Crippen molar-refractivity contribution in [2.24, 2.45) is 0 Å². The minimum atomic E-state index is -0.531. The summed E-state index contributed by atoms with van der Waals surface area (Å²) in [5.74, 6) is -0.146. The minimum absolute atomic E-state index is 0.0991. The zero-order chi connectivity index (χ0) is 11.5. The summed E-state index contributed by atoms with van der Waals surface area (Å²) in [6, 6.07) is 2.70. The Kier molecular flexibility index (Phi) is 2.80. The third kappa shape index (κ3) is 2.00. The van der Waals surface area contributed by atoms with E-state index in [4.69, 9.17) is 0 Å². The van der Waals surface area contributed by atoms with E-state index in [1.807, 2.05) is 0 Å². The van der Waals surface area contributed by atoms with Gasteiger partial charge in [-0.05, 0) is 18.9 Å². The second-order valence-corrected chi connectivity index (χ2v) is 3.66. The highest BCUT2D eigenvalue weighted by Gasteiger charge is 2.20. The van der Waals surface area contributed by atoms with Crippen LogP contribution >= 0.6 is 0 Å². The van der Waals surface area contributed by atoms with Crippen molar-refractivity contribution in [3.8, 4) is 0 Å².